The van der Waals surface area contributed by atoms with Crippen LogP contribution in [-0.2, 0) is 0 Å². The van der Waals surface area contributed by atoms with Crippen molar-refractivity contribution in [3.05, 3.63) is 0 Å². The third-order valence-corrected chi connectivity index (χ3v) is 3.64. The van der Waals surface area contributed by atoms with Crippen molar-refractivity contribution in [3.63, 3.8) is 0 Å². The lowest BCUT2D eigenvalue weighted by molar-refractivity contribution is 0.175. The first-order chi connectivity index (χ1) is 7.19. The van der Waals surface area contributed by atoms with Crippen LogP contribution in [0.25, 0.3) is 0 Å². The summed E-state index contributed by atoms with van der Waals surface area (Å²) in [5.41, 5.74) is 0. The van der Waals surface area contributed by atoms with Gasteiger partial charge in [0.15, 0.2) is 0 Å². The molecular formula is C12H24N2O. The Bertz CT molecular complexity index is 206. The molecule has 2 aliphatic rings. The number of nitrogens with one attached hydrogen (secondary N) is 1. The van der Waals surface area contributed by atoms with Gasteiger partial charge in [-0.1, -0.05) is 6.92 Å². The molecule has 2 fully saturated rings. The summed E-state index contributed by atoms with van der Waals surface area (Å²) in [5.74, 6) is 0.820. The maximum atomic E-state index is 9.33. The van der Waals surface area contributed by atoms with Crippen LogP contribution in [-0.4, -0.2) is 47.8 Å². The van der Waals surface area contributed by atoms with Crippen LogP contribution in [0.3, 0.4) is 0 Å². The van der Waals surface area contributed by atoms with E-state index in [4.69, 9.17) is 0 Å². The molecule has 1 heterocycles. The van der Waals surface area contributed by atoms with Gasteiger partial charge in [0, 0.05) is 31.2 Å². The molecule has 0 aromatic carbocycles. The first-order valence-electron chi connectivity index (χ1n) is 6.30. The Morgan fingerprint density at radius 2 is 2.13 bits per heavy atom. The molecular weight excluding hydrogens is 188 g/mol. The Hall–Kier alpha value is -0.120. The van der Waals surface area contributed by atoms with Gasteiger partial charge in [-0.15, -0.1) is 0 Å². The molecule has 1 aliphatic heterocycles. The number of rotatable bonds is 5. The topological polar surface area (TPSA) is 35.5 Å². The average Bonchev–Trinajstić information content (AvgIpc) is 2.93. The highest BCUT2D eigenvalue weighted by atomic mass is 16.3. The molecule has 15 heavy (non-hydrogen) atoms. The van der Waals surface area contributed by atoms with Crippen molar-refractivity contribution in [1.82, 2.24) is 10.2 Å². The van der Waals surface area contributed by atoms with Gasteiger partial charge in [-0.25, -0.2) is 0 Å². The number of hydrogen-bond acceptors (Lipinski definition) is 3. The highest BCUT2D eigenvalue weighted by molar-refractivity contribution is 4.88. The van der Waals surface area contributed by atoms with Crippen molar-refractivity contribution < 1.29 is 5.11 Å². The van der Waals surface area contributed by atoms with Crippen molar-refractivity contribution >= 4 is 0 Å². The van der Waals surface area contributed by atoms with E-state index in [0.29, 0.717) is 12.1 Å². The van der Waals surface area contributed by atoms with E-state index in [-0.39, 0.29) is 12.6 Å². The second-order valence-electron chi connectivity index (χ2n) is 5.46. The molecule has 0 aromatic rings. The summed E-state index contributed by atoms with van der Waals surface area (Å²) in [7, 11) is 0. The molecule has 0 spiro atoms. The third kappa shape index (κ3) is 3.16. The Morgan fingerprint density at radius 1 is 1.40 bits per heavy atom. The van der Waals surface area contributed by atoms with Crippen LogP contribution >= 0.6 is 0 Å². The molecule has 2 N–H and O–H groups in total. The Labute approximate surface area is 92.8 Å². The number of nitrogens with zero attached hydrogens (tertiary/aromatic N) is 1. The average molecular weight is 212 g/mol. The molecule has 3 atom stereocenters. The molecule has 0 aromatic heterocycles. The summed E-state index contributed by atoms with van der Waals surface area (Å²) in [6, 6.07) is 1.66. The molecule has 1 aliphatic carbocycles. The van der Waals surface area contributed by atoms with E-state index >= 15 is 0 Å². The molecule has 1 saturated carbocycles. The fraction of sp³-hybridized carbons (Fsp3) is 1.00. The fourth-order valence-corrected chi connectivity index (χ4v) is 2.67. The summed E-state index contributed by atoms with van der Waals surface area (Å²) in [4.78, 5) is 2.51. The van der Waals surface area contributed by atoms with Crippen molar-refractivity contribution in [2.75, 3.05) is 19.7 Å². The van der Waals surface area contributed by atoms with Gasteiger partial charge >= 0.3 is 0 Å². The van der Waals surface area contributed by atoms with Crippen molar-refractivity contribution in [2.45, 2.75) is 51.2 Å². The maximum absolute atomic E-state index is 9.33. The van der Waals surface area contributed by atoms with Crippen molar-refractivity contribution in [2.24, 2.45) is 5.92 Å². The third-order valence-electron chi connectivity index (χ3n) is 3.64. The Balaban J connectivity index is 1.77. The summed E-state index contributed by atoms with van der Waals surface area (Å²) >= 11 is 0. The van der Waals surface area contributed by atoms with Gasteiger partial charge in [0.05, 0.1) is 6.61 Å². The van der Waals surface area contributed by atoms with Crippen LogP contribution < -0.4 is 5.32 Å². The largest absolute Gasteiger partial charge is 0.395 e. The first-order valence-corrected chi connectivity index (χ1v) is 6.30. The van der Waals surface area contributed by atoms with Crippen LogP contribution in [0.15, 0.2) is 0 Å². The molecule has 3 nitrogen and oxygen atoms in total. The van der Waals surface area contributed by atoms with E-state index in [0.717, 1.165) is 12.5 Å². The zero-order chi connectivity index (χ0) is 10.8. The zero-order valence-electron chi connectivity index (χ0n) is 9.95. The minimum absolute atomic E-state index is 0.272. The molecule has 0 amide bonds. The predicted molar refractivity (Wildman–Crippen MR) is 61.8 cm³/mol. The minimum Gasteiger partial charge on any atom is -0.395 e. The van der Waals surface area contributed by atoms with Crippen LogP contribution in [0.1, 0.15) is 33.1 Å². The van der Waals surface area contributed by atoms with E-state index in [2.05, 4.69) is 24.1 Å². The number of aliphatic hydroxyl groups is 1. The molecule has 2 rings (SSSR count). The molecule has 3 unspecified atom stereocenters. The van der Waals surface area contributed by atoms with Crippen LogP contribution in [0, 0.1) is 5.92 Å². The number of likely N-dealkylation sites (tertiary alicyclic amines) is 1. The predicted octanol–water partition coefficient (Wildman–Crippen LogP) is 0.830. The summed E-state index contributed by atoms with van der Waals surface area (Å²) in [6.45, 7) is 7.10. The second-order valence-corrected chi connectivity index (χ2v) is 5.46. The van der Waals surface area contributed by atoms with Gasteiger partial charge in [-0.3, -0.25) is 4.90 Å². The maximum Gasteiger partial charge on any atom is 0.0597 e. The van der Waals surface area contributed by atoms with Gasteiger partial charge in [-0.2, -0.15) is 0 Å². The fourth-order valence-electron chi connectivity index (χ4n) is 2.67. The molecule has 1 saturated heterocycles. The van der Waals surface area contributed by atoms with Gasteiger partial charge in [0.1, 0.15) is 0 Å². The summed E-state index contributed by atoms with van der Waals surface area (Å²) < 4.78 is 0. The lowest BCUT2D eigenvalue weighted by Crippen LogP contribution is -2.45. The molecule has 3 heteroatoms. The van der Waals surface area contributed by atoms with Gasteiger partial charge in [0.25, 0.3) is 0 Å². The van der Waals surface area contributed by atoms with Crippen LogP contribution in [0.2, 0.25) is 0 Å². The second kappa shape index (κ2) is 4.81. The van der Waals surface area contributed by atoms with Gasteiger partial charge < -0.3 is 10.4 Å². The summed E-state index contributed by atoms with van der Waals surface area (Å²) in [5, 5.41) is 12.8. The molecule has 0 radical (unpaired) electrons. The van der Waals surface area contributed by atoms with E-state index in [9.17, 15) is 5.11 Å². The first kappa shape index (κ1) is 11.4. The van der Waals surface area contributed by atoms with E-state index in [1.54, 1.807) is 0 Å². The molecule has 0 bridgehead atoms. The smallest absolute Gasteiger partial charge is 0.0597 e. The Morgan fingerprint density at radius 3 is 2.60 bits per heavy atom. The minimum atomic E-state index is 0.272. The van der Waals surface area contributed by atoms with Crippen molar-refractivity contribution in [1.29, 1.82) is 0 Å². The Kier molecular flexibility index (Phi) is 3.65. The van der Waals surface area contributed by atoms with Crippen LogP contribution in [0.4, 0.5) is 0 Å². The normalized spacial score (nSPS) is 34.6. The highest BCUT2D eigenvalue weighted by Crippen LogP contribution is 2.23. The highest BCUT2D eigenvalue weighted by Gasteiger charge is 2.30. The van der Waals surface area contributed by atoms with Crippen molar-refractivity contribution in [3.8, 4) is 0 Å². The molecule has 88 valence electrons. The van der Waals surface area contributed by atoms with E-state index < -0.39 is 0 Å². The number of hydrogen-bond donors (Lipinski definition) is 2. The number of aliphatic hydroxyl groups excluding tert-OH is 1. The van der Waals surface area contributed by atoms with E-state index in [1.165, 1.54) is 25.8 Å². The standard InChI is InChI=1S/C12H24N2O/c1-9-5-10(2)14(6-9)7-12(8-15)13-11-3-4-11/h9-13,15H,3-8H2,1-2H3. The summed E-state index contributed by atoms with van der Waals surface area (Å²) in [6.07, 6.45) is 3.90. The van der Waals surface area contributed by atoms with Crippen LogP contribution in [0.5, 0.6) is 0 Å². The quantitative estimate of drug-likeness (QED) is 0.708. The zero-order valence-corrected chi connectivity index (χ0v) is 9.95. The SMILES string of the molecule is CC1CC(C)N(CC(CO)NC2CC2)C1. The van der Waals surface area contributed by atoms with Gasteiger partial charge in [0.2, 0.25) is 0 Å². The van der Waals surface area contributed by atoms with Gasteiger partial charge in [-0.05, 0) is 32.1 Å². The lowest BCUT2D eigenvalue weighted by Gasteiger charge is -2.26. The lowest BCUT2D eigenvalue weighted by atomic mass is 10.1. The van der Waals surface area contributed by atoms with E-state index in [1.807, 2.05) is 0 Å². The monoisotopic (exact) mass is 212 g/mol.